The Morgan fingerprint density at radius 3 is 2.17 bits per heavy atom. The highest BCUT2D eigenvalue weighted by atomic mass is 16.5. The second-order valence-electron chi connectivity index (χ2n) is 6.38. The molecular formula is C23H19NO6. The molecule has 3 aromatic rings. The summed E-state index contributed by atoms with van der Waals surface area (Å²) < 4.78 is 15.5. The molecule has 1 heterocycles. The molecule has 7 nitrogen and oxygen atoms in total. The van der Waals surface area contributed by atoms with E-state index in [-0.39, 0.29) is 11.5 Å². The van der Waals surface area contributed by atoms with Crippen LogP contribution in [0, 0.1) is 0 Å². The van der Waals surface area contributed by atoms with Gasteiger partial charge in [0.2, 0.25) is 0 Å². The van der Waals surface area contributed by atoms with E-state index in [1.807, 2.05) is 18.2 Å². The van der Waals surface area contributed by atoms with Crippen molar-refractivity contribution in [3.8, 4) is 17.2 Å². The fourth-order valence-corrected chi connectivity index (χ4v) is 2.77. The Morgan fingerprint density at radius 1 is 0.767 bits per heavy atom. The molecule has 0 radical (unpaired) electrons. The standard InChI is InChI=1S/C23H19NO6/c1-14(25)28-20-12-9-17(22(13-20)30-16(3)27)7-10-19-11-8-18-5-4-6-21(23(18)24-19)29-15(2)26/h4-13H,1-3H3/b10-7+. The molecule has 1 aromatic heterocycles. The fourth-order valence-electron chi connectivity index (χ4n) is 2.77. The summed E-state index contributed by atoms with van der Waals surface area (Å²) in [5.41, 5.74) is 1.76. The number of para-hydroxylation sites is 1. The van der Waals surface area contributed by atoms with Crippen LogP contribution in [-0.2, 0) is 14.4 Å². The predicted molar refractivity (Wildman–Crippen MR) is 111 cm³/mol. The number of nitrogens with zero attached hydrogens (tertiary/aromatic N) is 1. The molecule has 0 spiro atoms. The summed E-state index contributed by atoms with van der Waals surface area (Å²) in [5.74, 6) is -0.508. The number of pyridine rings is 1. The molecule has 0 amide bonds. The fraction of sp³-hybridized carbons (Fsp3) is 0.130. The molecule has 0 saturated heterocycles. The lowest BCUT2D eigenvalue weighted by atomic mass is 10.1. The molecule has 0 saturated carbocycles. The van der Waals surface area contributed by atoms with Gasteiger partial charge < -0.3 is 14.2 Å². The molecule has 0 atom stereocenters. The number of benzene rings is 2. The van der Waals surface area contributed by atoms with Crippen LogP contribution in [0.15, 0.2) is 48.5 Å². The summed E-state index contributed by atoms with van der Waals surface area (Å²) >= 11 is 0. The number of ether oxygens (including phenoxy) is 3. The van der Waals surface area contributed by atoms with Gasteiger partial charge >= 0.3 is 17.9 Å². The molecule has 0 bridgehead atoms. The summed E-state index contributed by atoms with van der Waals surface area (Å²) in [5, 5.41) is 0.831. The highest BCUT2D eigenvalue weighted by Crippen LogP contribution is 2.28. The number of esters is 3. The highest BCUT2D eigenvalue weighted by molar-refractivity contribution is 5.88. The van der Waals surface area contributed by atoms with Gasteiger partial charge in [-0.3, -0.25) is 14.4 Å². The van der Waals surface area contributed by atoms with Crippen LogP contribution in [0.3, 0.4) is 0 Å². The average Bonchev–Trinajstić information content (AvgIpc) is 2.66. The van der Waals surface area contributed by atoms with E-state index in [2.05, 4.69) is 4.98 Å². The van der Waals surface area contributed by atoms with E-state index in [9.17, 15) is 14.4 Å². The maximum Gasteiger partial charge on any atom is 0.308 e. The molecule has 0 unspecified atom stereocenters. The van der Waals surface area contributed by atoms with Gasteiger partial charge in [-0.25, -0.2) is 4.98 Å². The first kappa shape index (κ1) is 20.7. The van der Waals surface area contributed by atoms with Gasteiger partial charge in [0.1, 0.15) is 17.0 Å². The molecule has 3 rings (SSSR count). The topological polar surface area (TPSA) is 91.8 Å². The van der Waals surface area contributed by atoms with Crippen molar-refractivity contribution >= 4 is 41.0 Å². The third-order valence-electron chi connectivity index (χ3n) is 3.89. The Bertz CT molecular complexity index is 1170. The van der Waals surface area contributed by atoms with Crippen molar-refractivity contribution in [2.24, 2.45) is 0 Å². The van der Waals surface area contributed by atoms with Crippen LogP contribution in [-0.4, -0.2) is 22.9 Å². The second kappa shape index (κ2) is 9.00. The maximum absolute atomic E-state index is 11.4. The second-order valence-corrected chi connectivity index (χ2v) is 6.38. The van der Waals surface area contributed by atoms with E-state index in [4.69, 9.17) is 14.2 Å². The lowest BCUT2D eigenvalue weighted by Crippen LogP contribution is -2.05. The molecular weight excluding hydrogens is 386 g/mol. The predicted octanol–water partition coefficient (Wildman–Crippen LogP) is 4.18. The SMILES string of the molecule is CC(=O)Oc1ccc(/C=C/c2ccc3cccc(OC(C)=O)c3n2)c(OC(C)=O)c1. The van der Waals surface area contributed by atoms with Gasteiger partial charge in [-0.15, -0.1) is 0 Å². The summed E-state index contributed by atoms with van der Waals surface area (Å²) in [6.07, 6.45) is 3.45. The van der Waals surface area contributed by atoms with Crippen LogP contribution in [0.1, 0.15) is 32.0 Å². The third kappa shape index (κ3) is 5.29. The molecule has 0 aliphatic rings. The van der Waals surface area contributed by atoms with Crippen LogP contribution in [0.5, 0.6) is 17.2 Å². The van der Waals surface area contributed by atoms with Crippen molar-refractivity contribution in [3.63, 3.8) is 0 Å². The van der Waals surface area contributed by atoms with Gasteiger partial charge in [0.15, 0.2) is 5.75 Å². The van der Waals surface area contributed by atoms with Crippen molar-refractivity contribution in [2.75, 3.05) is 0 Å². The first-order chi connectivity index (χ1) is 14.3. The average molecular weight is 405 g/mol. The Balaban J connectivity index is 1.96. The molecule has 0 N–H and O–H groups in total. The maximum atomic E-state index is 11.4. The number of carbonyl (C=O) groups is 3. The smallest absolute Gasteiger partial charge is 0.308 e. The van der Waals surface area contributed by atoms with Gasteiger partial charge in [0.05, 0.1) is 5.69 Å². The van der Waals surface area contributed by atoms with Gasteiger partial charge in [0, 0.05) is 37.8 Å². The van der Waals surface area contributed by atoms with Gasteiger partial charge in [-0.05, 0) is 36.4 Å². The molecule has 0 aliphatic heterocycles. The zero-order valence-electron chi connectivity index (χ0n) is 16.7. The minimum absolute atomic E-state index is 0.249. The number of hydrogen-bond donors (Lipinski definition) is 0. The molecule has 0 fully saturated rings. The summed E-state index contributed by atoms with van der Waals surface area (Å²) in [6, 6.07) is 13.7. The molecule has 152 valence electrons. The third-order valence-corrected chi connectivity index (χ3v) is 3.89. The van der Waals surface area contributed by atoms with Crippen LogP contribution < -0.4 is 14.2 Å². The largest absolute Gasteiger partial charge is 0.427 e. The van der Waals surface area contributed by atoms with Crippen LogP contribution in [0.25, 0.3) is 23.1 Å². The Labute approximate surface area is 172 Å². The Kier molecular flexibility index (Phi) is 6.22. The van der Waals surface area contributed by atoms with E-state index in [1.165, 1.54) is 26.8 Å². The van der Waals surface area contributed by atoms with Gasteiger partial charge in [-0.2, -0.15) is 0 Å². The van der Waals surface area contributed by atoms with Gasteiger partial charge in [0.25, 0.3) is 0 Å². The van der Waals surface area contributed by atoms with Crippen LogP contribution in [0.2, 0.25) is 0 Å². The zero-order valence-corrected chi connectivity index (χ0v) is 16.7. The van der Waals surface area contributed by atoms with E-state index in [0.717, 1.165) is 5.39 Å². The first-order valence-electron chi connectivity index (χ1n) is 9.09. The molecule has 0 aliphatic carbocycles. The van der Waals surface area contributed by atoms with Crippen molar-refractivity contribution in [3.05, 3.63) is 59.8 Å². The lowest BCUT2D eigenvalue weighted by Gasteiger charge is -2.09. The van der Waals surface area contributed by atoms with E-state index < -0.39 is 17.9 Å². The summed E-state index contributed by atoms with van der Waals surface area (Å²) in [4.78, 5) is 38.5. The van der Waals surface area contributed by atoms with Crippen LogP contribution in [0.4, 0.5) is 0 Å². The Hall–Kier alpha value is -4.00. The number of carbonyl (C=O) groups excluding carboxylic acids is 3. The van der Waals surface area contributed by atoms with Crippen molar-refractivity contribution in [1.29, 1.82) is 0 Å². The van der Waals surface area contributed by atoms with E-state index in [1.54, 1.807) is 36.4 Å². The minimum Gasteiger partial charge on any atom is -0.427 e. The molecule has 2 aromatic carbocycles. The van der Waals surface area contributed by atoms with Crippen molar-refractivity contribution < 1.29 is 28.6 Å². The van der Waals surface area contributed by atoms with Crippen LogP contribution >= 0.6 is 0 Å². The lowest BCUT2D eigenvalue weighted by molar-refractivity contribution is -0.133. The quantitative estimate of drug-likeness (QED) is 0.464. The number of rotatable bonds is 5. The van der Waals surface area contributed by atoms with E-state index in [0.29, 0.717) is 22.5 Å². The number of aromatic nitrogens is 1. The number of fused-ring (bicyclic) bond motifs is 1. The van der Waals surface area contributed by atoms with E-state index >= 15 is 0 Å². The minimum atomic E-state index is -0.500. The summed E-state index contributed by atoms with van der Waals surface area (Å²) in [7, 11) is 0. The van der Waals surface area contributed by atoms with Crippen molar-refractivity contribution in [1.82, 2.24) is 4.98 Å². The molecule has 7 heteroatoms. The first-order valence-corrected chi connectivity index (χ1v) is 9.09. The molecule has 30 heavy (non-hydrogen) atoms. The summed E-state index contributed by atoms with van der Waals surface area (Å²) in [6.45, 7) is 3.90. The highest BCUT2D eigenvalue weighted by Gasteiger charge is 2.09. The number of hydrogen-bond acceptors (Lipinski definition) is 7. The Morgan fingerprint density at radius 2 is 1.47 bits per heavy atom. The van der Waals surface area contributed by atoms with Crippen molar-refractivity contribution in [2.45, 2.75) is 20.8 Å². The van der Waals surface area contributed by atoms with Gasteiger partial charge in [-0.1, -0.05) is 18.2 Å². The zero-order chi connectivity index (χ0) is 21.7. The normalized spacial score (nSPS) is 10.8. The monoisotopic (exact) mass is 405 g/mol.